The molecule has 2 aliphatic heterocycles. The van der Waals surface area contributed by atoms with Gasteiger partial charge in [-0.1, -0.05) is 18.2 Å². The molecule has 0 atom stereocenters. The first kappa shape index (κ1) is 26.9. The van der Waals surface area contributed by atoms with Gasteiger partial charge in [-0.2, -0.15) is 0 Å². The van der Waals surface area contributed by atoms with Crippen molar-refractivity contribution < 1.29 is 16.8 Å². The lowest BCUT2D eigenvalue weighted by molar-refractivity contribution is 0.594. The molecule has 3 heterocycles. The summed E-state index contributed by atoms with van der Waals surface area (Å²) < 4.78 is 48.4. The Hall–Kier alpha value is -3.71. The Bertz CT molecular complexity index is 1690. The van der Waals surface area contributed by atoms with Crippen molar-refractivity contribution in [3.8, 4) is 0 Å². The van der Waals surface area contributed by atoms with Crippen molar-refractivity contribution in [1.82, 2.24) is 15.6 Å². The van der Waals surface area contributed by atoms with E-state index in [0.717, 1.165) is 33.4 Å². The maximum Gasteiger partial charge on any atom is 0.206 e. The van der Waals surface area contributed by atoms with Gasteiger partial charge in [0.1, 0.15) is 20.7 Å². The first-order chi connectivity index (χ1) is 18.7. The molecule has 5 rings (SSSR count). The van der Waals surface area contributed by atoms with E-state index in [4.69, 9.17) is 0 Å². The Morgan fingerprint density at radius 3 is 2.46 bits per heavy atom. The Labute approximate surface area is 232 Å². The fourth-order valence-corrected chi connectivity index (χ4v) is 6.50. The van der Waals surface area contributed by atoms with Crippen LogP contribution in [0, 0.1) is 0 Å². The minimum absolute atomic E-state index is 0.0863. The molecule has 0 fully saturated rings. The number of hydrogen-bond donors (Lipinski definition) is 3. The molecule has 0 bridgehead atoms. The van der Waals surface area contributed by atoms with Crippen molar-refractivity contribution in [3.05, 3.63) is 113 Å². The molecule has 9 nitrogen and oxygen atoms in total. The van der Waals surface area contributed by atoms with Crippen molar-refractivity contribution in [2.45, 2.75) is 16.3 Å². The topological polar surface area (TPSA) is 120 Å². The van der Waals surface area contributed by atoms with Gasteiger partial charge in [0.05, 0.1) is 21.2 Å². The van der Waals surface area contributed by atoms with E-state index in [2.05, 4.69) is 20.9 Å². The highest BCUT2D eigenvalue weighted by molar-refractivity contribution is 7.91. The average molecular weight is 582 g/mol. The molecule has 0 unspecified atom stereocenters. The number of sulfone groups is 2. The van der Waals surface area contributed by atoms with Crippen LogP contribution in [0.4, 0.5) is 11.5 Å². The number of nitrogens with zero attached hydrogens (tertiary/aromatic N) is 2. The standard InChI is InChI=1S/C27H27N5O4S3/c1-38(33,34)14-12-28-17-27-31-26(19-37-27)32-13-11-20-15-29-16-25(24(20)18-32)30-21-7-9-23(10-8-21)39(35,36)22-5-3-2-4-6-22/h2-11,13,15-16,18-19,28-30H,12,14,17H2,1H3. The second-order valence-corrected chi connectivity index (χ2v) is 14.1. The lowest BCUT2D eigenvalue weighted by atomic mass is 10.0. The van der Waals surface area contributed by atoms with E-state index in [0.29, 0.717) is 13.1 Å². The molecule has 0 radical (unpaired) electrons. The number of fused-ring (bicyclic) bond motifs is 1. The number of rotatable bonds is 10. The molecule has 2 aliphatic rings. The number of allylic oxidation sites excluding steroid dienone is 2. The molecule has 39 heavy (non-hydrogen) atoms. The highest BCUT2D eigenvalue weighted by Crippen LogP contribution is 2.31. The summed E-state index contributed by atoms with van der Waals surface area (Å²) in [6.07, 6.45) is 10.9. The molecule has 12 heteroatoms. The maximum atomic E-state index is 12.9. The predicted octanol–water partition coefficient (Wildman–Crippen LogP) is 3.77. The Balaban J connectivity index is 1.27. The summed E-state index contributed by atoms with van der Waals surface area (Å²) in [5, 5.41) is 12.5. The molecule has 0 amide bonds. The van der Waals surface area contributed by atoms with Crippen molar-refractivity contribution in [2.75, 3.05) is 28.8 Å². The van der Waals surface area contributed by atoms with Crippen molar-refractivity contribution in [1.29, 1.82) is 0 Å². The summed E-state index contributed by atoms with van der Waals surface area (Å²) in [6, 6.07) is 15.1. The third-order valence-electron chi connectivity index (χ3n) is 5.98. The van der Waals surface area contributed by atoms with Crippen LogP contribution in [0.15, 0.2) is 117 Å². The molecule has 0 saturated carbocycles. The highest BCUT2D eigenvalue weighted by Gasteiger charge is 2.21. The minimum Gasteiger partial charge on any atom is -0.365 e. The first-order valence-electron chi connectivity index (χ1n) is 12.0. The molecule has 3 aromatic rings. The van der Waals surface area contributed by atoms with Gasteiger partial charge >= 0.3 is 0 Å². The molecular weight excluding hydrogens is 555 g/mol. The van der Waals surface area contributed by atoms with Gasteiger partial charge in [0.15, 0.2) is 0 Å². The molecule has 0 saturated heterocycles. The van der Waals surface area contributed by atoms with Crippen LogP contribution in [0.5, 0.6) is 0 Å². The lowest BCUT2D eigenvalue weighted by Crippen LogP contribution is -2.22. The van der Waals surface area contributed by atoms with Gasteiger partial charge in [-0.15, -0.1) is 11.3 Å². The fraction of sp³-hybridized carbons (Fsp3) is 0.148. The number of dihydropyridines is 1. The van der Waals surface area contributed by atoms with Gasteiger partial charge in [0.2, 0.25) is 9.84 Å². The van der Waals surface area contributed by atoms with Crippen LogP contribution in [0.2, 0.25) is 0 Å². The van der Waals surface area contributed by atoms with E-state index in [-0.39, 0.29) is 15.5 Å². The number of nitrogens with one attached hydrogen (secondary N) is 3. The van der Waals surface area contributed by atoms with Gasteiger partial charge < -0.3 is 20.9 Å². The number of hydrogen-bond acceptors (Lipinski definition) is 10. The molecule has 3 N–H and O–H groups in total. The van der Waals surface area contributed by atoms with Gasteiger partial charge in [0, 0.05) is 66.4 Å². The molecular formula is C27H27N5O4S3. The second-order valence-electron chi connectivity index (χ2n) is 8.96. The Morgan fingerprint density at radius 1 is 0.974 bits per heavy atom. The van der Waals surface area contributed by atoms with E-state index in [9.17, 15) is 16.8 Å². The van der Waals surface area contributed by atoms with Crippen molar-refractivity contribution >= 4 is 42.5 Å². The molecule has 1 aromatic heterocycles. The molecule has 0 spiro atoms. The third kappa shape index (κ3) is 6.48. The Morgan fingerprint density at radius 2 is 1.72 bits per heavy atom. The van der Waals surface area contributed by atoms with Crippen LogP contribution in [0.1, 0.15) is 5.01 Å². The third-order valence-corrected chi connectivity index (χ3v) is 9.55. The van der Waals surface area contributed by atoms with Crippen LogP contribution in [-0.2, 0) is 26.2 Å². The summed E-state index contributed by atoms with van der Waals surface area (Å²) in [5.74, 6) is 0.847. The van der Waals surface area contributed by atoms with E-state index in [1.54, 1.807) is 54.6 Å². The fourth-order valence-electron chi connectivity index (χ4n) is 3.96. The van der Waals surface area contributed by atoms with Crippen molar-refractivity contribution in [3.63, 3.8) is 0 Å². The van der Waals surface area contributed by atoms with Crippen LogP contribution in [0.25, 0.3) is 0 Å². The van der Waals surface area contributed by atoms with Crippen LogP contribution in [-0.4, -0.2) is 40.4 Å². The SMILES string of the molecule is CS(=O)(=O)CCNCc1nc(N2C=CC3=CNC=C(Nc4ccc(S(=O)(=O)c5ccccc5)cc4)C3=C2)cs1. The summed E-state index contributed by atoms with van der Waals surface area (Å²) in [5.41, 5.74) is 3.49. The number of benzene rings is 2. The van der Waals surface area contributed by atoms with Crippen LogP contribution < -0.4 is 20.9 Å². The molecule has 202 valence electrons. The highest BCUT2D eigenvalue weighted by atomic mass is 32.2. The first-order valence-corrected chi connectivity index (χ1v) is 16.5. The zero-order valence-electron chi connectivity index (χ0n) is 21.0. The quantitative estimate of drug-likeness (QED) is 0.307. The summed E-state index contributed by atoms with van der Waals surface area (Å²) in [6.45, 7) is 0.869. The van der Waals surface area contributed by atoms with Crippen LogP contribution >= 0.6 is 11.3 Å². The largest absolute Gasteiger partial charge is 0.365 e. The summed E-state index contributed by atoms with van der Waals surface area (Å²) in [4.78, 5) is 7.09. The van der Waals surface area contributed by atoms with E-state index in [1.165, 1.54) is 17.6 Å². The maximum absolute atomic E-state index is 12.9. The van der Waals surface area contributed by atoms with Crippen molar-refractivity contribution in [2.24, 2.45) is 0 Å². The zero-order chi connectivity index (χ0) is 27.5. The Kier molecular flexibility index (Phi) is 7.71. The molecule has 0 aliphatic carbocycles. The van der Waals surface area contributed by atoms with Gasteiger partial charge in [-0.3, -0.25) is 0 Å². The number of aromatic nitrogens is 1. The van der Waals surface area contributed by atoms with E-state index >= 15 is 0 Å². The van der Waals surface area contributed by atoms with Gasteiger partial charge in [-0.05, 0) is 42.5 Å². The van der Waals surface area contributed by atoms with E-state index < -0.39 is 19.7 Å². The lowest BCUT2D eigenvalue weighted by Gasteiger charge is -2.26. The van der Waals surface area contributed by atoms with Gasteiger partial charge in [0.25, 0.3) is 0 Å². The summed E-state index contributed by atoms with van der Waals surface area (Å²) >= 11 is 1.50. The molecule has 2 aromatic carbocycles. The monoisotopic (exact) mass is 581 g/mol. The minimum atomic E-state index is -3.59. The average Bonchev–Trinajstić information content (AvgIpc) is 3.40. The normalized spacial score (nSPS) is 15.1. The van der Waals surface area contributed by atoms with Crippen LogP contribution in [0.3, 0.4) is 0 Å². The smallest absolute Gasteiger partial charge is 0.206 e. The van der Waals surface area contributed by atoms with Gasteiger partial charge in [-0.25, -0.2) is 21.8 Å². The predicted molar refractivity (Wildman–Crippen MR) is 154 cm³/mol. The second kappa shape index (κ2) is 11.2. The summed E-state index contributed by atoms with van der Waals surface area (Å²) in [7, 11) is -6.59. The van der Waals surface area contributed by atoms with E-state index in [1.807, 2.05) is 41.2 Å². The number of anilines is 2. The number of thiazole rings is 1. The zero-order valence-corrected chi connectivity index (χ0v) is 23.5.